The standard InChI is InChI=1S/C26H32N6O2/c1-18-8-9-19(2)22(16-18)30-12-14-31(15-13-30)25(33)20-6-5-11-32(17-20)24-26(34)29(3)23-21(28-24)7-4-10-27-23/h4,7-10,16,20H,5-6,11-15,17H2,1-3H3. The molecule has 8 nitrogen and oxygen atoms in total. The van der Waals surface area contributed by atoms with E-state index in [0.29, 0.717) is 23.5 Å². The summed E-state index contributed by atoms with van der Waals surface area (Å²) in [6, 6.07) is 10.2. The fourth-order valence-corrected chi connectivity index (χ4v) is 5.21. The molecule has 178 valence electrons. The van der Waals surface area contributed by atoms with E-state index in [-0.39, 0.29) is 17.4 Å². The van der Waals surface area contributed by atoms with E-state index in [1.807, 2.05) is 21.9 Å². The van der Waals surface area contributed by atoms with Crippen molar-refractivity contribution >= 4 is 28.6 Å². The van der Waals surface area contributed by atoms with Crippen LogP contribution in [0.25, 0.3) is 11.2 Å². The number of aryl methyl sites for hydroxylation is 3. The first-order valence-corrected chi connectivity index (χ1v) is 12.1. The molecule has 0 aliphatic carbocycles. The Labute approximate surface area is 199 Å². The average Bonchev–Trinajstić information content (AvgIpc) is 2.87. The molecule has 2 aliphatic heterocycles. The van der Waals surface area contributed by atoms with Crippen LogP contribution in [0.3, 0.4) is 0 Å². The van der Waals surface area contributed by atoms with Crippen LogP contribution in [-0.4, -0.2) is 64.6 Å². The number of pyridine rings is 1. The summed E-state index contributed by atoms with van der Waals surface area (Å²) in [4.78, 5) is 41.7. The largest absolute Gasteiger partial charge is 0.368 e. The minimum atomic E-state index is -0.165. The quantitative estimate of drug-likeness (QED) is 0.598. The predicted molar refractivity (Wildman–Crippen MR) is 134 cm³/mol. The Morgan fingerprint density at radius 3 is 2.62 bits per heavy atom. The van der Waals surface area contributed by atoms with Crippen molar-refractivity contribution in [3.63, 3.8) is 0 Å². The van der Waals surface area contributed by atoms with E-state index >= 15 is 0 Å². The number of hydrogen-bond donors (Lipinski definition) is 0. The first-order valence-electron chi connectivity index (χ1n) is 12.1. The zero-order valence-electron chi connectivity index (χ0n) is 20.2. The number of amides is 1. The summed E-state index contributed by atoms with van der Waals surface area (Å²) >= 11 is 0. The van der Waals surface area contributed by atoms with Gasteiger partial charge in [0, 0.05) is 58.2 Å². The van der Waals surface area contributed by atoms with Gasteiger partial charge in [-0.25, -0.2) is 9.97 Å². The highest BCUT2D eigenvalue weighted by Gasteiger charge is 2.32. The van der Waals surface area contributed by atoms with E-state index in [4.69, 9.17) is 0 Å². The maximum atomic E-state index is 13.4. The molecule has 3 aromatic rings. The van der Waals surface area contributed by atoms with Crippen LogP contribution in [0.2, 0.25) is 0 Å². The molecule has 1 aromatic carbocycles. The van der Waals surface area contributed by atoms with Gasteiger partial charge in [-0.2, -0.15) is 0 Å². The van der Waals surface area contributed by atoms with E-state index in [1.54, 1.807) is 17.8 Å². The van der Waals surface area contributed by atoms with Gasteiger partial charge in [-0.05, 0) is 56.0 Å². The molecule has 8 heteroatoms. The van der Waals surface area contributed by atoms with Gasteiger partial charge in [-0.1, -0.05) is 12.1 Å². The smallest absolute Gasteiger partial charge is 0.294 e. The lowest BCUT2D eigenvalue weighted by Crippen LogP contribution is -2.53. The Hall–Kier alpha value is -3.42. The third-order valence-corrected chi connectivity index (χ3v) is 7.17. The van der Waals surface area contributed by atoms with E-state index in [2.05, 4.69) is 46.9 Å². The van der Waals surface area contributed by atoms with Crippen molar-refractivity contribution in [1.82, 2.24) is 19.4 Å². The molecule has 2 saturated heterocycles. The zero-order chi connectivity index (χ0) is 23.8. The molecule has 1 unspecified atom stereocenters. The maximum absolute atomic E-state index is 13.4. The van der Waals surface area contributed by atoms with Crippen LogP contribution in [-0.2, 0) is 11.8 Å². The summed E-state index contributed by atoms with van der Waals surface area (Å²) in [6.07, 6.45) is 3.38. The second kappa shape index (κ2) is 9.08. The molecule has 34 heavy (non-hydrogen) atoms. The number of hydrogen-bond acceptors (Lipinski definition) is 6. The van der Waals surface area contributed by atoms with Gasteiger partial charge < -0.3 is 14.7 Å². The van der Waals surface area contributed by atoms with Gasteiger partial charge in [0.25, 0.3) is 5.56 Å². The Morgan fingerprint density at radius 2 is 1.82 bits per heavy atom. The topological polar surface area (TPSA) is 74.6 Å². The van der Waals surface area contributed by atoms with Crippen molar-refractivity contribution in [3.8, 4) is 0 Å². The summed E-state index contributed by atoms with van der Waals surface area (Å²) in [7, 11) is 1.73. The first-order chi connectivity index (χ1) is 16.4. The highest BCUT2D eigenvalue weighted by atomic mass is 16.2. The van der Waals surface area contributed by atoms with Crippen LogP contribution in [0, 0.1) is 19.8 Å². The van der Waals surface area contributed by atoms with Crippen molar-refractivity contribution in [1.29, 1.82) is 0 Å². The highest BCUT2D eigenvalue weighted by molar-refractivity contribution is 5.80. The molecule has 1 atom stereocenters. The van der Waals surface area contributed by atoms with Crippen LogP contribution in [0.5, 0.6) is 0 Å². The third kappa shape index (κ3) is 4.13. The Bertz CT molecular complexity index is 1280. The fourth-order valence-electron chi connectivity index (χ4n) is 5.21. The number of rotatable bonds is 3. The fraction of sp³-hybridized carbons (Fsp3) is 0.462. The molecular formula is C26H32N6O2. The highest BCUT2D eigenvalue weighted by Crippen LogP contribution is 2.26. The molecule has 2 aliphatic rings. The van der Waals surface area contributed by atoms with Crippen molar-refractivity contribution in [2.75, 3.05) is 49.1 Å². The Kier molecular flexibility index (Phi) is 5.98. The summed E-state index contributed by atoms with van der Waals surface area (Å²) in [5.41, 5.74) is 4.89. The molecule has 1 amide bonds. The SMILES string of the molecule is Cc1ccc(C)c(N2CCN(C(=O)C3CCCN(c4nc5cccnc5n(C)c4=O)C3)CC2)c1. The number of nitrogens with zero attached hydrogens (tertiary/aromatic N) is 6. The van der Waals surface area contributed by atoms with Crippen LogP contribution >= 0.6 is 0 Å². The molecule has 0 radical (unpaired) electrons. The molecular weight excluding hydrogens is 428 g/mol. The molecule has 0 N–H and O–H groups in total. The van der Waals surface area contributed by atoms with Crippen molar-refractivity contribution in [2.45, 2.75) is 26.7 Å². The zero-order valence-corrected chi connectivity index (χ0v) is 20.2. The molecule has 0 spiro atoms. The van der Waals surface area contributed by atoms with Crippen LogP contribution in [0.1, 0.15) is 24.0 Å². The molecule has 0 bridgehead atoms. The first kappa shape index (κ1) is 22.4. The molecule has 0 saturated carbocycles. The van der Waals surface area contributed by atoms with Gasteiger partial charge in [-0.15, -0.1) is 0 Å². The maximum Gasteiger partial charge on any atom is 0.294 e. The van der Waals surface area contributed by atoms with Crippen molar-refractivity contribution in [3.05, 3.63) is 58.0 Å². The summed E-state index contributed by atoms with van der Waals surface area (Å²) in [5, 5.41) is 0. The molecule has 5 rings (SSSR count). The Morgan fingerprint density at radius 1 is 1.03 bits per heavy atom. The number of benzene rings is 1. The van der Waals surface area contributed by atoms with Crippen molar-refractivity contribution in [2.24, 2.45) is 13.0 Å². The lowest BCUT2D eigenvalue weighted by molar-refractivity contribution is -0.136. The second-order valence-electron chi connectivity index (χ2n) is 9.53. The van der Waals surface area contributed by atoms with Gasteiger partial charge in [0.2, 0.25) is 5.91 Å². The minimum Gasteiger partial charge on any atom is -0.368 e. The van der Waals surface area contributed by atoms with Gasteiger partial charge >= 0.3 is 0 Å². The average molecular weight is 461 g/mol. The number of fused-ring (bicyclic) bond motifs is 1. The van der Waals surface area contributed by atoms with Crippen molar-refractivity contribution < 1.29 is 4.79 Å². The summed E-state index contributed by atoms with van der Waals surface area (Å²) in [5.74, 6) is 0.502. The van der Waals surface area contributed by atoms with E-state index in [1.165, 1.54) is 16.8 Å². The minimum absolute atomic E-state index is 0.114. The van der Waals surface area contributed by atoms with E-state index < -0.39 is 0 Å². The molecule has 4 heterocycles. The van der Waals surface area contributed by atoms with Gasteiger partial charge in [0.05, 0.1) is 5.92 Å². The van der Waals surface area contributed by atoms with Gasteiger partial charge in [0.1, 0.15) is 5.52 Å². The summed E-state index contributed by atoms with van der Waals surface area (Å²) < 4.78 is 1.55. The predicted octanol–water partition coefficient (Wildman–Crippen LogP) is 2.51. The van der Waals surface area contributed by atoms with E-state index in [9.17, 15) is 9.59 Å². The monoisotopic (exact) mass is 460 g/mol. The number of piperazine rings is 1. The van der Waals surface area contributed by atoms with E-state index in [0.717, 1.165) is 45.6 Å². The number of aromatic nitrogens is 3. The van der Waals surface area contributed by atoms with Gasteiger partial charge in [0.15, 0.2) is 11.5 Å². The number of carbonyl (C=O) groups is 1. The van der Waals surface area contributed by atoms with Crippen LogP contribution < -0.4 is 15.4 Å². The summed E-state index contributed by atoms with van der Waals surface area (Å²) in [6.45, 7) is 8.66. The number of anilines is 2. The molecule has 2 aromatic heterocycles. The molecule has 2 fully saturated rings. The van der Waals surface area contributed by atoms with Crippen LogP contribution in [0.4, 0.5) is 11.5 Å². The lowest BCUT2D eigenvalue weighted by Gasteiger charge is -2.40. The van der Waals surface area contributed by atoms with Gasteiger partial charge in [-0.3, -0.25) is 14.2 Å². The van der Waals surface area contributed by atoms with Crippen LogP contribution in [0.15, 0.2) is 41.3 Å². The number of carbonyl (C=O) groups excluding carboxylic acids is 1. The second-order valence-corrected chi connectivity index (χ2v) is 9.53. The third-order valence-electron chi connectivity index (χ3n) is 7.17. The lowest BCUT2D eigenvalue weighted by atomic mass is 9.96. The normalized spacial score (nSPS) is 19.0. The Balaban J connectivity index is 1.28. The number of piperidine rings is 1.